The Balaban J connectivity index is 3.23. The van der Waals surface area contributed by atoms with Crippen molar-refractivity contribution in [3.05, 3.63) is 35.4 Å². The van der Waals surface area contributed by atoms with Crippen LogP contribution in [0.4, 0.5) is 0 Å². The highest BCUT2D eigenvalue weighted by atomic mass is 32.2. The monoisotopic (exact) mass is 425 g/mol. The number of benzene rings is 1. The van der Waals surface area contributed by atoms with Crippen LogP contribution >= 0.6 is 0 Å². The van der Waals surface area contributed by atoms with Gasteiger partial charge in [-0.3, -0.25) is 9.05 Å². The van der Waals surface area contributed by atoms with Crippen LogP contribution in [0, 0.1) is 5.41 Å². The van der Waals surface area contributed by atoms with E-state index in [1.807, 2.05) is 38.0 Å². The van der Waals surface area contributed by atoms with Gasteiger partial charge in [0.25, 0.3) is 0 Å². The Labute approximate surface area is 179 Å². The SMILES string of the molecule is CCS(=O)[C@H](C)[C@H](N(OC(C)c1ccc(C(=O)OC)cc1)C(C)(C)C)C(C)(C)C. The number of rotatable bonds is 8. The first-order chi connectivity index (χ1) is 13.2. The van der Waals surface area contributed by atoms with Crippen LogP contribution in [0.15, 0.2) is 24.3 Å². The first kappa shape index (κ1) is 25.8. The third-order valence-electron chi connectivity index (χ3n) is 5.02. The van der Waals surface area contributed by atoms with Gasteiger partial charge in [-0.25, -0.2) is 4.79 Å². The van der Waals surface area contributed by atoms with Gasteiger partial charge < -0.3 is 4.74 Å². The van der Waals surface area contributed by atoms with E-state index < -0.39 is 10.8 Å². The lowest BCUT2D eigenvalue weighted by Gasteiger charge is -2.49. The van der Waals surface area contributed by atoms with Crippen LogP contribution in [0.25, 0.3) is 0 Å². The molecule has 1 aromatic carbocycles. The van der Waals surface area contributed by atoms with Crippen LogP contribution in [0.1, 0.15) is 84.3 Å². The molecule has 0 aliphatic carbocycles. The quantitative estimate of drug-likeness (QED) is 0.426. The Morgan fingerprint density at radius 1 is 1.07 bits per heavy atom. The third-order valence-corrected chi connectivity index (χ3v) is 6.67. The molecule has 0 aliphatic rings. The molecule has 1 aromatic rings. The molecule has 0 aromatic heterocycles. The molecule has 0 saturated carbocycles. The average molecular weight is 426 g/mol. The summed E-state index contributed by atoms with van der Waals surface area (Å²) in [5.74, 6) is 0.265. The van der Waals surface area contributed by atoms with Crippen LogP contribution in [0.2, 0.25) is 0 Å². The van der Waals surface area contributed by atoms with E-state index in [1.54, 1.807) is 12.1 Å². The summed E-state index contributed by atoms with van der Waals surface area (Å²) in [6, 6.07) is 7.23. The maximum absolute atomic E-state index is 12.7. The maximum atomic E-state index is 12.7. The molecule has 5 nitrogen and oxygen atoms in total. The van der Waals surface area contributed by atoms with Crippen molar-refractivity contribution in [2.75, 3.05) is 12.9 Å². The molecule has 166 valence electrons. The summed E-state index contributed by atoms with van der Waals surface area (Å²) in [5.41, 5.74) is 1.05. The number of hydrogen-bond donors (Lipinski definition) is 0. The number of carbonyl (C=O) groups is 1. The van der Waals surface area contributed by atoms with E-state index >= 15 is 0 Å². The fourth-order valence-electron chi connectivity index (χ4n) is 3.53. The van der Waals surface area contributed by atoms with Crippen LogP contribution < -0.4 is 0 Å². The molecule has 0 saturated heterocycles. The van der Waals surface area contributed by atoms with E-state index in [1.165, 1.54) is 7.11 Å². The molecule has 0 bridgehead atoms. The van der Waals surface area contributed by atoms with Gasteiger partial charge in [0.05, 0.1) is 24.0 Å². The number of hydroxylamine groups is 2. The largest absolute Gasteiger partial charge is 0.465 e. The van der Waals surface area contributed by atoms with Crippen LogP contribution in [-0.2, 0) is 20.4 Å². The topological polar surface area (TPSA) is 55.8 Å². The molecule has 0 spiro atoms. The average Bonchev–Trinajstić information content (AvgIpc) is 2.64. The van der Waals surface area contributed by atoms with Crippen molar-refractivity contribution in [2.45, 2.75) is 85.2 Å². The molecule has 0 aliphatic heterocycles. The van der Waals surface area contributed by atoms with Crippen molar-refractivity contribution in [3.8, 4) is 0 Å². The Morgan fingerprint density at radius 3 is 1.97 bits per heavy atom. The molecule has 4 atom stereocenters. The number of esters is 1. The van der Waals surface area contributed by atoms with Gasteiger partial charge in [-0.05, 0) is 57.7 Å². The lowest BCUT2D eigenvalue weighted by Crippen LogP contribution is -2.58. The zero-order valence-corrected chi connectivity index (χ0v) is 20.6. The van der Waals surface area contributed by atoms with E-state index in [0.29, 0.717) is 11.3 Å². The van der Waals surface area contributed by atoms with Crippen molar-refractivity contribution in [2.24, 2.45) is 5.41 Å². The highest BCUT2D eigenvalue weighted by Gasteiger charge is 2.43. The Kier molecular flexibility index (Phi) is 9.06. The van der Waals surface area contributed by atoms with Crippen LogP contribution in [0.3, 0.4) is 0 Å². The van der Waals surface area contributed by atoms with Crippen LogP contribution in [0.5, 0.6) is 0 Å². The zero-order chi connectivity index (χ0) is 22.6. The van der Waals surface area contributed by atoms with Gasteiger partial charge in [-0.1, -0.05) is 39.8 Å². The predicted octanol–water partition coefficient (Wildman–Crippen LogP) is 5.14. The second-order valence-electron chi connectivity index (χ2n) is 9.54. The molecular formula is C23H39NO4S. The van der Waals surface area contributed by atoms with Gasteiger partial charge in [0.2, 0.25) is 0 Å². The predicted molar refractivity (Wildman–Crippen MR) is 120 cm³/mol. The number of carbonyl (C=O) groups excluding carboxylic acids is 1. The van der Waals surface area contributed by atoms with E-state index in [9.17, 15) is 9.00 Å². The van der Waals surface area contributed by atoms with Crippen molar-refractivity contribution >= 4 is 16.8 Å². The molecule has 2 unspecified atom stereocenters. The first-order valence-electron chi connectivity index (χ1n) is 10.3. The van der Waals surface area contributed by atoms with Crippen molar-refractivity contribution < 1.29 is 18.6 Å². The lowest BCUT2D eigenvalue weighted by molar-refractivity contribution is -0.277. The summed E-state index contributed by atoms with van der Waals surface area (Å²) in [7, 11) is 0.427. The molecule has 29 heavy (non-hydrogen) atoms. The van der Waals surface area contributed by atoms with Crippen molar-refractivity contribution in [1.82, 2.24) is 5.06 Å². The van der Waals surface area contributed by atoms with Gasteiger partial charge >= 0.3 is 5.97 Å². The van der Waals surface area contributed by atoms with Gasteiger partial charge in [0, 0.05) is 22.1 Å². The van der Waals surface area contributed by atoms with E-state index in [-0.39, 0.29) is 34.3 Å². The normalized spacial score (nSPS) is 16.9. The molecule has 0 fully saturated rings. The second kappa shape index (κ2) is 10.2. The van der Waals surface area contributed by atoms with Gasteiger partial charge in [0.15, 0.2) is 0 Å². The van der Waals surface area contributed by atoms with Crippen LogP contribution in [-0.4, -0.2) is 44.9 Å². The van der Waals surface area contributed by atoms with Gasteiger partial charge in [0.1, 0.15) is 6.10 Å². The number of nitrogens with zero attached hydrogens (tertiary/aromatic N) is 1. The molecular weight excluding hydrogens is 386 g/mol. The number of methoxy groups -OCH3 is 1. The van der Waals surface area contributed by atoms with E-state index in [2.05, 4.69) is 41.5 Å². The number of ether oxygens (including phenoxy) is 1. The molecule has 0 amide bonds. The minimum Gasteiger partial charge on any atom is -0.465 e. The van der Waals surface area contributed by atoms with E-state index in [0.717, 1.165) is 5.56 Å². The Hall–Kier alpha value is -1.24. The smallest absolute Gasteiger partial charge is 0.337 e. The minimum absolute atomic E-state index is 0.0416. The summed E-state index contributed by atoms with van der Waals surface area (Å²) in [6.45, 7) is 18.8. The third kappa shape index (κ3) is 6.90. The van der Waals surface area contributed by atoms with Gasteiger partial charge in [-0.2, -0.15) is 5.06 Å². The molecule has 0 N–H and O–H groups in total. The first-order valence-corrected chi connectivity index (χ1v) is 11.6. The summed E-state index contributed by atoms with van der Waals surface area (Å²) < 4.78 is 17.5. The molecule has 0 radical (unpaired) electrons. The van der Waals surface area contributed by atoms with E-state index in [4.69, 9.17) is 9.57 Å². The zero-order valence-electron chi connectivity index (χ0n) is 19.7. The standard InChI is InChI=1S/C23H39NO4S/c1-11-29(26)17(3)20(22(4,5)6)24(23(7,8)9)28-16(2)18-12-14-19(15-13-18)21(25)27-10/h12-17,20H,11H2,1-10H3/t16?,17-,20+,29?/m1/s1. The summed E-state index contributed by atoms with van der Waals surface area (Å²) in [4.78, 5) is 18.2. The minimum atomic E-state index is -0.946. The fourth-order valence-corrected chi connectivity index (χ4v) is 4.87. The highest BCUT2D eigenvalue weighted by Crippen LogP contribution is 2.36. The summed E-state index contributed by atoms with van der Waals surface area (Å²) in [5, 5.41) is 1.98. The Morgan fingerprint density at radius 2 is 1.59 bits per heavy atom. The maximum Gasteiger partial charge on any atom is 0.337 e. The van der Waals surface area contributed by atoms with Crippen molar-refractivity contribution in [3.63, 3.8) is 0 Å². The molecule has 1 rings (SSSR count). The lowest BCUT2D eigenvalue weighted by atomic mass is 9.83. The fraction of sp³-hybridized carbons (Fsp3) is 0.696. The molecule has 6 heteroatoms. The van der Waals surface area contributed by atoms with Gasteiger partial charge in [-0.15, -0.1) is 0 Å². The molecule has 0 heterocycles. The van der Waals surface area contributed by atoms with Crippen molar-refractivity contribution in [1.29, 1.82) is 0 Å². The summed E-state index contributed by atoms with van der Waals surface area (Å²) in [6.07, 6.45) is -0.229. The number of hydrogen-bond acceptors (Lipinski definition) is 5. The second-order valence-corrected chi connectivity index (χ2v) is 11.6. The highest BCUT2D eigenvalue weighted by molar-refractivity contribution is 7.85. The summed E-state index contributed by atoms with van der Waals surface area (Å²) >= 11 is 0. The Bertz CT molecular complexity index is 688.